The smallest absolute Gasteiger partial charge is 0.271 e. The van der Waals surface area contributed by atoms with Crippen LogP contribution in [0.4, 0.5) is 0 Å². The van der Waals surface area contributed by atoms with E-state index in [4.69, 9.17) is 14.5 Å². The number of allylic oxidation sites excluding steroid dienone is 1. The summed E-state index contributed by atoms with van der Waals surface area (Å²) in [4.78, 5) is 30.6. The molecule has 0 radical (unpaired) electrons. The van der Waals surface area contributed by atoms with Gasteiger partial charge in [-0.05, 0) is 58.9 Å². The van der Waals surface area contributed by atoms with E-state index in [2.05, 4.69) is 12.1 Å². The van der Waals surface area contributed by atoms with Crippen LogP contribution in [0.15, 0.2) is 82.1 Å². The number of hydrogen-bond acceptors (Lipinski definition) is 7. The van der Waals surface area contributed by atoms with Crippen LogP contribution in [-0.2, 0) is 6.42 Å². The van der Waals surface area contributed by atoms with E-state index in [1.165, 1.54) is 29.0 Å². The molecule has 8 heteroatoms. The van der Waals surface area contributed by atoms with E-state index >= 15 is 0 Å². The fraction of sp³-hybridized carbons (Fsp3) is 0.167. The van der Waals surface area contributed by atoms with Gasteiger partial charge in [-0.25, -0.2) is 4.99 Å². The summed E-state index contributed by atoms with van der Waals surface area (Å²) in [6, 6.07) is 20.0. The van der Waals surface area contributed by atoms with E-state index in [9.17, 15) is 14.7 Å². The number of carbonyl (C=O) groups is 1. The summed E-state index contributed by atoms with van der Waals surface area (Å²) >= 11 is 1.32. The number of fused-ring (bicyclic) bond motifs is 3. The van der Waals surface area contributed by atoms with Gasteiger partial charge in [-0.1, -0.05) is 65.9 Å². The van der Waals surface area contributed by atoms with Crippen LogP contribution in [-0.4, -0.2) is 24.8 Å². The highest BCUT2D eigenvalue weighted by Crippen LogP contribution is 2.42. The maximum Gasteiger partial charge on any atom is 0.271 e. The third-order valence-electron chi connectivity index (χ3n) is 7.04. The van der Waals surface area contributed by atoms with Gasteiger partial charge in [0.05, 0.1) is 36.5 Å². The SMILES string of the molecule is COc1ccc([C@@H]2C3=C(N=c4s/c(=C/c5ccc(C(=O)[O-])cc5)c(=O)n42)c2ccccc2CC3)cc1OC. The van der Waals surface area contributed by atoms with E-state index in [1.54, 1.807) is 37.0 Å². The number of carbonyl (C=O) groups excluding carboxylic acids is 1. The monoisotopic (exact) mass is 523 g/mol. The number of hydrogen-bond donors (Lipinski definition) is 0. The summed E-state index contributed by atoms with van der Waals surface area (Å²) in [7, 11) is 3.19. The molecule has 1 aromatic heterocycles. The number of benzene rings is 3. The number of nitrogens with zero attached hydrogens (tertiary/aromatic N) is 2. The van der Waals surface area contributed by atoms with E-state index in [-0.39, 0.29) is 17.2 Å². The minimum atomic E-state index is -1.24. The predicted molar refractivity (Wildman–Crippen MR) is 143 cm³/mol. The van der Waals surface area contributed by atoms with Crippen LogP contribution in [0.3, 0.4) is 0 Å². The number of aryl methyl sites for hydroxylation is 1. The van der Waals surface area contributed by atoms with Crippen molar-refractivity contribution in [2.24, 2.45) is 4.99 Å². The van der Waals surface area contributed by atoms with Crippen LogP contribution < -0.4 is 29.5 Å². The minimum absolute atomic E-state index is 0.0865. The van der Waals surface area contributed by atoms with Gasteiger partial charge in [-0.3, -0.25) is 9.36 Å². The largest absolute Gasteiger partial charge is 0.545 e. The van der Waals surface area contributed by atoms with Crippen molar-refractivity contribution >= 4 is 29.1 Å². The zero-order valence-electron chi connectivity index (χ0n) is 20.8. The molecule has 0 fully saturated rings. The third kappa shape index (κ3) is 3.94. The van der Waals surface area contributed by atoms with Gasteiger partial charge in [0.2, 0.25) is 0 Å². The Bertz CT molecular complexity index is 1800. The fourth-order valence-electron chi connectivity index (χ4n) is 5.21. The Balaban J connectivity index is 1.58. The summed E-state index contributed by atoms with van der Waals surface area (Å²) < 4.78 is 13.3. The molecule has 0 saturated carbocycles. The van der Waals surface area contributed by atoms with Crippen molar-refractivity contribution in [3.8, 4) is 11.5 Å². The number of thiazole rings is 1. The molecular formula is C30H23N2O5S-. The van der Waals surface area contributed by atoms with Crippen molar-refractivity contribution in [3.05, 3.63) is 120 Å². The second kappa shape index (κ2) is 9.46. The molecule has 0 amide bonds. The molecule has 3 aromatic carbocycles. The summed E-state index contributed by atoms with van der Waals surface area (Å²) in [6.07, 6.45) is 3.41. The highest BCUT2D eigenvalue weighted by molar-refractivity contribution is 7.07. The van der Waals surface area contributed by atoms with Crippen molar-refractivity contribution in [2.75, 3.05) is 14.2 Å². The van der Waals surface area contributed by atoms with Gasteiger partial charge < -0.3 is 19.4 Å². The average molecular weight is 524 g/mol. The van der Waals surface area contributed by atoms with Crippen LogP contribution in [0, 0.1) is 0 Å². The minimum Gasteiger partial charge on any atom is -0.545 e. The van der Waals surface area contributed by atoms with Crippen LogP contribution >= 0.6 is 11.3 Å². The number of carboxylic acid groups (broad SMARTS) is 1. The first-order valence-electron chi connectivity index (χ1n) is 12.1. The molecule has 190 valence electrons. The van der Waals surface area contributed by atoms with Gasteiger partial charge in [0, 0.05) is 5.56 Å². The lowest BCUT2D eigenvalue weighted by Crippen LogP contribution is -2.38. The first-order valence-corrected chi connectivity index (χ1v) is 13.0. The zero-order chi connectivity index (χ0) is 26.4. The number of carboxylic acids is 1. The second-order valence-electron chi connectivity index (χ2n) is 9.14. The van der Waals surface area contributed by atoms with Crippen molar-refractivity contribution in [1.29, 1.82) is 0 Å². The number of aromatic nitrogens is 1. The standard InChI is InChI=1S/C30H24N2O5S/c1-36-23-14-12-20(16-24(23)37-2)27-22-13-11-18-5-3-4-6-21(18)26(22)31-30-32(27)28(33)25(38-30)15-17-7-9-19(10-8-17)29(34)35/h3-10,12,14-16,27H,11,13H2,1-2H3,(H,34,35)/p-1/b25-15+/t27-/m1/s1. The molecule has 0 spiro atoms. The Morgan fingerprint density at radius 3 is 2.53 bits per heavy atom. The first kappa shape index (κ1) is 23.9. The molecule has 0 bridgehead atoms. The van der Waals surface area contributed by atoms with Crippen molar-refractivity contribution in [2.45, 2.75) is 18.9 Å². The van der Waals surface area contributed by atoms with Crippen LogP contribution in [0.5, 0.6) is 11.5 Å². The van der Waals surface area contributed by atoms with Gasteiger partial charge in [0.15, 0.2) is 16.3 Å². The van der Waals surface area contributed by atoms with Crippen molar-refractivity contribution in [3.63, 3.8) is 0 Å². The van der Waals surface area contributed by atoms with E-state index < -0.39 is 5.97 Å². The normalized spacial score (nSPS) is 16.3. The number of aromatic carboxylic acids is 1. The van der Waals surface area contributed by atoms with Gasteiger partial charge in [-0.2, -0.15) is 0 Å². The number of methoxy groups -OCH3 is 2. The molecule has 1 atom stereocenters. The maximum atomic E-state index is 13.9. The Morgan fingerprint density at radius 1 is 1.03 bits per heavy atom. The first-order chi connectivity index (χ1) is 18.5. The Labute approximate surface area is 222 Å². The average Bonchev–Trinajstić information content (AvgIpc) is 3.25. The summed E-state index contributed by atoms with van der Waals surface area (Å²) in [5.74, 6) is -0.0286. The Kier molecular flexibility index (Phi) is 5.96. The summed E-state index contributed by atoms with van der Waals surface area (Å²) in [5.41, 5.74) is 5.91. The lowest BCUT2D eigenvalue weighted by molar-refractivity contribution is -0.255. The number of ether oxygens (including phenoxy) is 2. The van der Waals surface area contributed by atoms with Crippen molar-refractivity contribution in [1.82, 2.24) is 4.57 Å². The molecular weight excluding hydrogens is 500 g/mol. The maximum absolute atomic E-state index is 13.9. The summed E-state index contributed by atoms with van der Waals surface area (Å²) in [6.45, 7) is 0. The highest BCUT2D eigenvalue weighted by atomic mass is 32.1. The molecule has 0 unspecified atom stereocenters. The van der Waals surface area contributed by atoms with Gasteiger partial charge in [0.1, 0.15) is 0 Å². The van der Waals surface area contributed by atoms with E-state index in [1.807, 2.05) is 30.3 Å². The fourth-order valence-corrected chi connectivity index (χ4v) is 6.21. The van der Waals surface area contributed by atoms with Gasteiger partial charge in [-0.15, -0.1) is 0 Å². The zero-order valence-corrected chi connectivity index (χ0v) is 21.6. The predicted octanol–water partition coefficient (Wildman–Crippen LogP) is 2.70. The van der Waals surface area contributed by atoms with Crippen LogP contribution in [0.25, 0.3) is 11.8 Å². The summed E-state index contributed by atoms with van der Waals surface area (Å²) in [5, 5.41) is 11.1. The molecule has 2 aliphatic rings. The van der Waals surface area contributed by atoms with Crippen molar-refractivity contribution < 1.29 is 19.4 Å². The molecule has 0 N–H and O–H groups in total. The molecule has 1 aliphatic heterocycles. The van der Waals surface area contributed by atoms with E-state index in [0.29, 0.717) is 20.8 Å². The lowest BCUT2D eigenvalue weighted by atomic mass is 9.83. The van der Waals surface area contributed by atoms with Gasteiger partial charge >= 0.3 is 0 Å². The molecule has 0 saturated heterocycles. The van der Waals surface area contributed by atoms with Gasteiger partial charge in [0.25, 0.3) is 5.56 Å². The Morgan fingerprint density at radius 2 is 1.79 bits per heavy atom. The molecule has 7 nitrogen and oxygen atoms in total. The van der Waals surface area contributed by atoms with Crippen LogP contribution in [0.1, 0.15) is 45.1 Å². The van der Waals surface area contributed by atoms with E-state index in [0.717, 1.165) is 40.8 Å². The highest BCUT2D eigenvalue weighted by Gasteiger charge is 2.33. The second-order valence-corrected chi connectivity index (χ2v) is 10.1. The lowest BCUT2D eigenvalue weighted by Gasteiger charge is -2.31. The molecule has 1 aliphatic carbocycles. The quantitative estimate of drug-likeness (QED) is 0.401. The van der Waals surface area contributed by atoms with Crippen LogP contribution in [0.2, 0.25) is 0 Å². The molecule has 6 rings (SSSR count). The Hall–Kier alpha value is -4.43. The topological polar surface area (TPSA) is 93.0 Å². The molecule has 4 aromatic rings. The number of rotatable bonds is 5. The molecule has 2 heterocycles. The molecule has 38 heavy (non-hydrogen) atoms. The third-order valence-corrected chi connectivity index (χ3v) is 8.02.